The van der Waals surface area contributed by atoms with Gasteiger partial charge in [-0.3, -0.25) is 0 Å². The van der Waals surface area contributed by atoms with Crippen molar-refractivity contribution >= 4 is 78.0 Å². The second-order valence-electron chi connectivity index (χ2n) is 19.4. The van der Waals surface area contributed by atoms with E-state index < -0.39 is 0 Å². The van der Waals surface area contributed by atoms with Crippen molar-refractivity contribution in [3.8, 4) is 0 Å². The first-order valence-electron chi connectivity index (χ1n) is 19.6. The van der Waals surface area contributed by atoms with Crippen molar-refractivity contribution in [1.29, 1.82) is 0 Å². The van der Waals surface area contributed by atoms with E-state index in [4.69, 9.17) is 0 Å². The molecule has 0 atom stereocenters. The molecule has 0 fully saturated rings. The van der Waals surface area contributed by atoms with Crippen molar-refractivity contribution < 1.29 is 0 Å². The van der Waals surface area contributed by atoms with Crippen LogP contribution in [-0.2, 0) is 21.7 Å². The number of thiophene rings is 1. The lowest BCUT2D eigenvalue weighted by Crippen LogP contribution is -2.60. The minimum Gasteiger partial charge on any atom is -0.311 e. The lowest BCUT2D eigenvalue weighted by molar-refractivity contribution is 0.332. The third-order valence-electron chi connectivity index (χ3n) is 12.7. The molecule has 2 nitrogen and oxygen atoms in total. The molecule has 0 bridgehead atoms. The largest absolute Gasteiger partial charge is 0.311 e. The molecule has 9 rings (SSSR count). The molecule has 1 aromatic heterocycles. The smallest absolute Gasteiger partial charge is 0.264 e. The fraction of sp³-hybridized carbons (Fsp3) is 0.347. The van der Waals surface area contributed by atoms with Crippen molar-refractivity contribution in [3.63, 3.8) is 0 Å². The molecule has 3 heterocycles. The number of fused-ring (bicyclic) bond motifs is 7. The van der Waals surface area contributed by atoms with Gasteiger partial charge < -0.3 is 9.80 Å². The number of aryl methyl sites for hydroxylation is 1. The maximum absolute atomic E-state index is 2.65. The van der Waals surface area contributed by atoms with Crippen LogP contribution in [0.5, 0.6) is 0 Å². The van der Waals surface area contributed by atoms with Crippen molar-refractivity contribution in [1.82, 2.24) is 0 Å². The van der Waals surface area contributed by atoms with Gasteiger partial charge in [-0.15, -0.1) is 11.3 Å². The van der Waals surface area contributed by atoms with Gasteiger partial charge in [0.15, 0.2) is 0 Å². The zero-order chi connectivity index (χ0) is 37.4. The van der Waals surface area contributed by atoms with Gasteiger partial charge in [0.2, 0.25) is 0 Å². The molecular formula is C49H53BN2S. The predicted molar refractivity (Wildman–Crippen MR) is 233 cm³/mol. The van der Waals surface area contributed by atoms with E-state index >= 15 is 0 Å². The highest BCUT2D eigenvalue weighted by molar-refractivity contribution is 7.33. The second kappa shape index (κ2) is 11.4. The number of hydrogen-bond donors (Lipinski definition) is 0. The standard InChI is InChI=1S/C49H53BN2S/c1-30-26-40-43-41(27-30)52(34-21-22-36-37(29-34)49(10,11)25-24-48(36,8)9)44-35-14-12-13-15-42(35)53-45(44)50(43)38-28-32(47(5,6)7)18-23-39(38)51(40)33-19-16-31(17-20-33)46(2,3)4/h12-23,26-29H,24-25H2,1-11H3. The van der Waals surface area contributed by atoms with Crippen LogP contribution in [0.3, 0.4) is 0 Å². The number of nitrogens with zero attached hydrogens (tertiary/aromatic N) is 2. The van der Waals surface area contributed by atoms with Crippen LogP contribution < -0.4 is 25.5 Å². The van der Waals surface area contributed by atoms with Gasteiger partial charge in [-0.1, -0.05) is 118 Å². The molecule has 0 saturated carbocycles. The van der Waals surface area contributed by atoms with Gasteiger partial charge in [0, 0.05) is 43.3 Å². The summed E-state index contributed by atoms with van der Waals surface area (Å²) in [6.07, 6.45) is 2.41. The molecule has 0 N–H and O–H groups in total. The van der Waals surface area contributed by atoms with Gasteiger partial charge in [-0.25, -0.2) is 0 Å². The summed E-state index contributed by atoms with van der Waals surface area (Å²) in [5, 5.41) is 1.34. The Hall–Kier alpha value is -4.28. The van der Waals surface area contributed by atoms with Crippen LogP contribution >= 0.6 is 11.3 Å². The molecule has 0 unspecified atom stereocenters. The minimum atomic E-state index is 0.0258. The van der Waals surface area contributed by atoms with E-state index in [1.807, 2.05) is 11.3 Å². The first-order valence-corrected chi connectivity index (χ1v) is 20.4. The van der Waals surface area contributed by atoms with E-state index in [1.165, 1.54) is 101 Å². The molecule has 0 saturated heterocycles. The molecule has 268 valence electrons. The maximum Gasteiger partial charge on any atom is 0.264 e. The molecule has 6 aromatic rings. The number of hydrogen-bond acceptors (Lipinski definition) is 3. The highest BCUT2D eigenvalue weighted by Gasteiger charge is 2.46. The molecule has 3 aliphatic rings. The van der Waals surface area contributed by atoms with Crippen LogP contribution in [0.1, 0.15) is 110 Å². The van der Waals surface area contributed by atoms with E-state index in [9.17, 15) is 0 Å². The van der Waals surface area contributed by atoms with E-state index in [0.717, 1.165) is 0 Å². The first kappa shape index (κ1) is 34.5. The summed E-state index contributed by atoms with van der Waals surface area (Å²) in [4.78, 5) is 5.21. The normalized spacial score (nSPS) is 17.0. The summed E-state index contributed by atoms with van der Waals surface area (Å²) in [5.41, 5.74) is 17.9. The van der Waals surface area contributed by atoms with Crippen LogP contribution in [0.15, 0.2) is 97.1 Å². The van der Waals surface area contributed by atoms with Gasteiger partial charge in [-0.05, 0) is 129 Å². The number of rotatable bonds is 2. The lowest BCUT2D eigenvalue weighted by Gasteiger charge is -2.45. The minimum absolute atomic E-state index is 0.0258. The molecule has 0 spiro atoms. The highest BCUT2D eigenvalue weighted by atomic mass is 32.1. The van der Waals surface area contributed by atoms with Gasteiger partial charge in [0.25, 0.3) is 6.71 Å². The second-order valence-corrected chi connectivity index (χ2v) is 20.5. The van der Waals surface area contributed by atoms with Crippen molar-refractivity contribution in [2.45, 2.75) is 111 Å². The van der Waals surface area contributed by atoms with Gasteiger partial charge in [0.1, 0.15) is 0 Å². The Morgan fingerprint density at radius 1 is 0.604 bits per heavy atom. The first-order chi connectivity index (χ1) is 24.9. The highest BCUT2D eigenvalue weighted by Crippen LogP contribution is 2.51. The lowest BCUT2D eigenvalue weighted by atomic mass is 9.36. The predicted octanol–water partition coefficient (Wildman–Crippen LogP) is 12.2. The average Bonchev–Trinajstić information content (AvgIpc) is 3.48. The average molecular weight is 713 g/mol. The SMILES string of the molecule is Cc1cc2c3c(c1)N(c1ccc4c(c1)C(C)(C)CCC4(C)C)c1c(sc4ccccc14)B3c1cc(C(C)(C)C)ccc1N2c1ccc(C(C)(C)C)cc1. The summed E-state index contributed by atoms with van der Waals surface area (Å²) in [7, 11) is 0. The van der Waals surface area contributed by atoms with Gasteiger partial charge >= 0.3 is 0 Å². The third kappa shape index (κ3) is 5.26. The molecule has 1 aliphatic carbocycles. The Morgan fingerprint density at radius 3 is 1.89 bits per heavy atom. The molecular weight excluding hydrogens is 659 g/mol. The van der Waals surface area contributed by atoms with E-state index in [0.29, 0.717) is 0 Å². The van der Waals surface area contributed by atoms with E-state index in [1.54, 1.807) is 0 Å². The summed E-state index contributed by atoms with van der Waals surface area (Å²) in [6.45, 7) is 26.1. The zero-order valence-electron chi connectivity index (χ0n) is 33.5. The quantitative estimate of drug-likeness (QED) is 0.165. The summed E-state index contributed by atoms with van der Waals surface area (Å²) in [6, 6.07) is 38.1. The molecule has 0 amide bonds. The molecule has 53 heavy (non-hydrogen) atoms. The van der Waals surface area contributed by atoms with Crippen molar-refractivity contribution in [2.24, 2.45) is 0 Å². The van der Waals surface area contributed by atoms with Crippen molar-refractivity contribution in [2.75, 3.05) is 9.80 Å². The van der Waals surface area contributed by atoms with E-state index in [2.05, 4.69) is 183 Å². The van der Waals surface area contributed by atoms with Gasteiger partial charge in [-0.2, -0.15) is 0 Å². The molecule has 0 radical (unpaired) electrons. The third-order valence-corrected chi connectivity index (χ3v) is 13.9. The van der Waals surface area contributed by atoms with Crippen molar-refractivity contribution in [3.05, 3.63) is 125 Å². The maximum atomic E-state index is 2.65. The molecule has 4 heteroatoms. The Kier molecular flexibility index (Phi) is 7.40. The van der Waals surface area contributed by atoms with E-state index in [-0.39, 0.29) is 28.4 Å². The van der Waals surface area contributed by atoms with Crippen LogP contribution in [0.4, 0.5) is 34.1 Å². The van der Waals surface area contributed by atoms with Crippen LogP contribution in [0.25, 0.3) is 10.1 Å². The monoisotopic (exact) mass is 712 g/mol. The Morgan fingerprint density at radius 2 is 1.21 bits per heavy atom. The summed E-state index contributed by atoms with van der Waals surface area (Å²) >= 11 is 1.99. The van der Waals surface area contributed by atoms with Gasteiger partial charge in [0.05, 0.1) is 5.69 Å². The van der Waals surface area contributed by atoms with Crippen LogP contribution in [0, 0.1) is 6.92 Å². The summed E-state index contributed by atoms with van der Waals surface area (Å²) in [5.74, 6) is 0. The Bertz CT molecular complexity index is 2450. The van der Waals surface area contributed by atoms with Crippen LogP contribution in [0.2, 0.25) is 0 Å². The Balaban J connectivity index is 1.37. The molecule has 2 aliphatic heterocycles. The fourth-order valence-corrected chi connectivity index (χ4v) is 10.7. The van der Waals surface area contributed by atoms with Crippen LogP contribution in [-0.4, -0.2) is 6.71 Å². The Labute approximate surface area is 322 Å². The number of anilines is 6. The number of benzene rings is 5. The fourth-order valence-electron chi connectivity index (χ4n) is 9.41. The summed E-state index contributed by atoms with van der Waals surface area (Å²) < 4.78 is 2.79. The zero-order valence-corrected chi connectivity index (χ0v) is 34.3. The molecule has 5 aromatic carbocycles. The topological polar surface area (TPSA) is 6.48 Å².